The van der Waals surface area contributed by atoms with Gasteiger partial charge in [-0.25, -0.2) is 9.97 Å². The lowest BCUT2D eigenvalue weighted by Gasteiger charge is -2.08. The van der Waals surface area contributed by atoms with E-state index in [0.717, 1.165) is 37.7 Å². The Morgan fingerprint density at radius 3 is 2.78 bits per heavy atom. The quantitative estimate of drug-likeness (QED) is 0.734. The number of hydrogen-bond donors (Lipinski definition) is 2. The molecule has 0 aromatic carbocycles. The van der Waals surface area contributed by atoms with Gasteiger partial charge in [0.05, 0.1) is 6.33 Å². The van der Waals surface area contributed by atoms with Crippen LogP contribution >= 0.6 is 0 Å². The van der Waals surface area contributed by atoms with E-state index in [2.05, 4.69) is 32.1 Å². The molecule has 0 bridgehead atoms. The third kappa shape index (κ3) is 3.76. The van der Waals surface area contributed by atoms with Gasteiger partial charge in [0.15, 0.2) is 0 Å². The van der Waals surface area contributed by atoms with Crippen LogP contribution in [0.2, 0.25) is 0 Å². The molecular weight excluding hydrogens is 226 g/mol. The molecule has 0 saturated carbocycles. The van der Waals surface area contributed by atoms with Crippen LogP contribution in [0.4, 0.5) is 11.6 Å². The molecule has 2 aromatic heterocycles. The van der Waals surface area contributed by atoms with Gasteiger partial charge in [-0.05, 0) is 25.5 Å². The maximum atomic E-state index is 4.46. The van der Waals surface area contributed by atoms with E-state index >= 15 is 0 Å². The van der Waals surface area contributed by atoms with Gasteiger partial charge in [-0.3, -0.25) is 0 Å². The van der Waals surface area contributed by atoms with E-state index in [4.69, 9.17) is 0 Å². The zero-order chi connectivity index (χ0) is 12.6. The van der Waals surface area contributed by atoms with Gasteiger partial charge in [0, 0.05) is 32.0 Å². The molecule has 0 atom stereocenters. The van der Waals surface area contributed by atoms with Gasteiger partial charge >= 0.3 is 0 Å². The number of pyridine rings is 1. The number of imidazole rings is 1. The molecule has 2 N–H and O–H groups in total. The van der Waals surface area contributed by atoms with Crippen LogP contribution in [0.3, 0.4) is 0 Å². The summed E-state index contributed by atoms with van der Waals surface area (Å²) in [5.41, 5.74) is 0. The van der Waals surface area contributed by atoms with E-state index in [1.807, 2.05) is 30.7 Å². The topological polar surface area (TPSA) is 54.8 Å². The fourth-order valence-electron chi connectivity index (χ4n) is 1.71. The van der Waals surface area contributed by atoms with Gasteiger partial charge < -0.3 is 15.2 Å². The molecular formula is C13H19N5. The highest BCUT2D eigenvalue weighted by Gasteiger charge is 1.96. The molecule has 5 nitrogen and oxygen atoms in total. The third-order valence-corrected chi connectivity index (χ3v) is 2.57. The summed E-state index contributed by atoms with van der Waals surface area (Å²) in [4.78, 5) is 8.47. The van der Waals surface area contributed by atoms with Crippen molar-refractivity contribution in [2.75, 3.05) is 23.7 Å². The van der Waals surface area contributed by atoms with Gasteiger partial charge in [0.1, 0.15) is 11.6 Å². The number of hydrogen-bond acceptors (Lipinski definition) is 4. The Hall–Kier alpha value is -2.04. The van der Waals surface area contributed by atoms with Crippen molar-refractivity contribution >= 4 is 11.6 Å². The zero-order valence-corrected chi connectivity index (χ0v) is 10.6. The fraction of sp³-hybridized carbons (Fsp3) is 0.385. The van der Waals surface area contributed by atoms with E-state index in [-0.39, 0.29) is 0 Å². The molecule has 0 amide bonds. The average molecular weight is 245 g/mol. The van der Waals surface area contributed by atoms with Crippen molar-refractivity contribution in [2.45, 2.75) is 19.9 Å². The molecule has 0 aliphatic rings. The normalized spacial score (nSPS) is 10.3. The van der Waals surface area contributed by atoms with E-state index in [1.165, 1.54) is 0 Å². The first kappa shape index (κ1) is 12.4. The van der Waals surface area contributed by atoms with Crippen LogP contribution in [0.15, 0.2) is 36.9 Å². The van der Waals surface area contributed by atoms with Crippen LogP contribution < -0.4 is 10.6 Å². The molecule has 0 saturated heterocycles. The predicted molar refractivity (Wildman–Crippen MR) is 73.7 cm³/mol. The Labute approximate surface area is 107 Å². The van der Waals surface area contributed by atoms with Crippen LogP contribution in [-0.2, 0) is 6.54 Å². The van der Waals surface area contributed by atoms with Gasteiger partial charge in [0.25, 0.3) is 0 Å². The molecule has 18 heavy (non-hydrogen) atoms. The van der Waals surface area contributed by atoms with Crippen molar-refractivity contribution in [1.29, 1.82) is 0 Å². The highest BCUT2D eigenvalue weighted by Crippen LogP contribution is 2.08. The summed E-state index contributed by atoms with van der Waals surface area (Å²) in [6, 6.07) is 5.96. The van der Waals surface area contributed by atoms with E-state index in [1.54, 1.807) is 6.20 Å². The molecule has 0 aliphatic heterocycles. The first-order valence-electron chi connectivity index (χ1n) is 6.29. The standard InChI is InChI=1S/C13H19N5/c1-2-15-12-5-3-6-13(17-12)16-7-4-9-18-10-8-14-11-18/h3,5-6,8,10-11H,2,4,7,9H2,1H3,(H2,15,16,17). The second kappa shape index (κ2) is 6.64. The Balaban J connectivity index is 1.74. The SMILES string of the molecule is CCNc1cccc(NCCCn2ccnc2)n1. The minimum absolute atomic E-state index is 0.886. The molecule has 0 unspecified atom stereocenters. The van der Waals surface area contributed by atoms with Crippen LogP contribution in [0.5, 0.6) is 0 Å². The molecule has 96 valence electrons. The monoisotopic (exact) mass is 245 g/mol. The Morgan fingerprint density at radius 1 is 1.22 bits per heavy atom. The summed E-state index contributed by atoms with van der Waals surface area (Å²) in [5.74, 6) is 1.83. The predicted octanol–water partition coefficient (Wildman–Crippen LogP) is 2.21. The fourth-order valence-corrected chi connectivity index (χ4v) is 1.71. The van der Waals surface area contributed by atoms with Crippen molar-refractivity contribution in [2.24, 2.45) is 0 Å². The minimum Gasteiger partial charge on any atom is -0.370 e. The lowest BCUT2D eigenvalue weighted by atomic mass is 10.4. The molecule has 0 aliphatic carbocycles. The number of nitrogens with zero attached hydrogens (tertiary/aromatic N) is 3. The van der Waals surface area contributed by atoms with Crippen molar-refractivity contribution in [3.05, 3.63) is 36.9 Å². The maximum absolute atomic E-state index is 4.46. The number of nitrogens with one attached hydrogen (secondary N) is 2. The summed E-state index contributed by atoms with van der Waals surface area (Å²) in [6.07, 6.45) is 6.66. The molecule has 0 fully saturated rings. The molecule has 5 heteroatoms. The molecule has 2 aromatic rings. The van der Waals surface area contributed by atoms with Crippen molar-refractivity contribution in [3.8, 4) is 0 Å². The molecule has 2 rings (SSSR count). The summed E-state index contributed by atoms with van der Waals surface area (Å²) >= 11 is 0. The van der Waals surface area contributed by atoms with Gasteiger partial charge in [-0.15, -0.1) is 0 Å². The van der Waals surface area contributed by atoms with Crippen molar-refractivity contribution in [1.82, 2.24) is 14.5 Å². The summed E-state index contributed by atoms with van der Waals surface area (Å²) in [5, 5.41) is 6.52. The second-order valence-corrected chi connectivity index (χ2v) is 4.02. The first-order chi connectivity index (χ1) is 8.88. The largest absolute Gasteiger partial charge is 0.370 e. The summed E-state index contributed by atoms with van der Waals surface area (Å²) in [6.45, 7) is 4.82. The third-order valence-electron chi connectivity index (χ3n) is 2.57. The Bertz CT molecular complexity index is 452. The van der Waals surface area contributed by atoms with E-state index in [9.17, 15) is 0 Å². The Morgan fingerprint density at radius 2 is 2.06 bits per heavy atom. The van der Waals surface area contributed by atoms with E-state index in [0.29, 0.717) is 0 Å². The molecule has 2 heterocycles. The van der Waals surface area contributed by atoms with Crippen LogP contribution in [-0.4, -0.2) is 27.6 Å². The number of anilines is 2. The van der Waals surface area contributed by atoms with Crippen molar-refractivity contribution in [3.63, 3.8) is 0 Å². The average Bonchev–Trinajstić information content (AvgIpc) is 2.89. The first-order valence-corrected chi connectivity index (χ1v) is 6.29. The second-order valence-electron chi connectivity index (χ2n) is 4.02. The zero-order valence-electron chi connectivity index (χ0n) is 10.6. The Kier molecular flexibility index (Phi) is 4.58. The molecule has 0 spiro atoms. The van der Waals surface area contributed by atoms with Gasteiger partial charge in [-0.1, -0.05) is 6.07 Å². The highest BCUT2D eigenvalue weighted by molar-refractivity contribution is 5.44. The van der Waals surface area contributed by atoms with Crippen LogP contribution in [0, 0.1) is 0 Å². The lowest BCUT2D eigenvalue weighted by Crippen LogP contribution is -2.08. The van der Waals surface area contributed by atoms with Crippen molar-refractivity contribution < 1.29 is 0 Å². The summed E-state index contributed by atoms with van der Waals surface area (Å²) < 4.78 is 2.07. The van der Waals surface area contributed by atoms with Crippen LogP contribution in [0.1, 0.15) is 13.3 Å². The number of aromatic nitrogens is 3. The highest BCUT2D eigenvalue weighted by atomic mass is 15.1. The van der Waals surface area contributed by atoms with E-state index < -0.39 is 0 Å². The lowest BCUT2D eigenvalue weighted by molar-refractivity contribution is 0.660. The summed E-state index contributed by atoms with van der Waals surface area (Å²) in [7, 11) is 0. The van der Waals surface area contributed by atoms with Crippen LogP contribution in [0.25, 0.3) is 0 Å². The number of rotatable bonds is 7. The number of aryl methyl sites for hydroxylation is 1. The molecule has 0 radical (unpaired) electrons. The smallest absolute Gasteiger partial charge is 0.128 e. The van der Waals surface area contributed by atoms with Gasteiger partial charge in [-0.2, -0.15) is 0 Å². The maximum Gasteiger partial charge on any atom is 0.128 e. The van der Waals surface area contributed by atoms with Gasteiger partial charge in [0.2, 0.25) is 0 Å². The minimum atomic E-state index is 0.886.